The van der Waals surface area contributed by atoms with Crippen molar-refractivity contribution in [3.05, 3.63) is 23.9 Å². The fourth-order valence-corrected chi connectivity index (χ4v) is 3.87. The molecule has 0 aliphatic carbocycles. The third-order valence-corrected chi connectivity index (χ3v) is 4.66. The summed E-state index contributed by atoms with van der Waals surface area (Å²) in [5, 5.41) is 0. The van der Waals surface area contributed by atoms with E-state index in [2.05, 4.69) is 56.6 Å². The van der Waals surface area contributed by atoms with Crippen molar-refractivity contribution < 1.29 is 0 Å². The Kier molecular flexibility index (Phi) is 6.25. The Morgan fingerprint density at radius 2 is 1.95 bits per heavy atom. The van der Waals surface area contributed by atoms with Crippen LogP contribution in [0.5, 0.6) is 0 Å². The van der Waals surface area contributed by atoms with Gasteiger partial charge in [0.25, 0.3) is 0 Å². The summed E-state index contributed by atoms with van der Waals surface area (Å²) in [4.78, 5) is 9.93. The number of rotatable bonds is 6. The zero-order valence-electron chi connectivity index (χ0n) is 15.0. The number of anilines is 1. The van der Waals surface area contributed by atoms with Crippen LogP contribution in [0.2, 0.25) is 0 Å². The maximum Gasteiger partial charge on any atom is 0.133 e. The van der Waals surface area contributed by atoms with Gasteiger partial charge in [0.05, 0.1) is 0 Å². The molecular formula is C19H33N3. The first-order chi connectivity index (χ1) is 10.6. The van der Waals surface area contributed by atoms with E-state index >= 15 is 0 Å². The van der Waals surface area contributed by atoms with Gasteiger partial charge in [0.15, 0.2) is 0 Å². The third-order valence-electron chi connectivity index (χ3n) is 4.66. The molecule has 0 aromatic carbocycles. The molecule has 0 radical (unpaired) electrons. The summed E-state index contributed by atoms with van der Waals surface area (Å²) in [5.41, 5.74) is 1.43. The van der Waals surface area contributed by atoms with Gasteiger partial charge in [-0.05, 0) is 66.1 Å². The molecule has 1 fully saturated rings. The van der Waals surface area contributed by atoms with Crippen molar-refractivity contribution in [2.45, 2.75) is 78.4 Å². The first kappa shape index (κ1) is 17.3. The molecule has 3 heteroatoms. The molecule has 3 nitrogen and oxygen atoms in total. The van der Waals surface area contributed by atoms with Gasteiger partial charge in [0.1, 0.15) is 5.82 Å². The number of nitrogens with zero attached hydrogens (tertiary/aromatic N) is 3. The zero-order chi connectivity index (χ0) is 16.1. The van der Waals surface area contributed by atoms with E-state index in [0.29, 0.717) is 18.1 Å². The van der Waals surface area contributed by atoms with Crippen molar-refractivity contribution in [2.75, 3.05) is 18.0 Å². The van der Waals surface area contributed by atoms with E-state index in [1.807, 2.05) is 6.20 Å². The summed E-state index contributed by atoms with van der Waals surface area (Å²) in [5.74, 6) is 1.19. The van der Waals surface area contributed by atoms with Crippen LogP contribution in [0.15, 0.2) is 18.3 Å². The van der Waals surface area contributed by atoms with Gasteiger partial charge in [-0.3, -0.25) is 4.90 Å². The van der Waals surface area contributed by atoms with Gasteiger partial charge < -0.3 is 4.90 Å². The van der Waals surface area contributed by atoms with E-state index in [4.69, 9.17) is 4.98 Å². The fourth-order valence-electron chi connectivity index (χ4n) is 3.87. The highest BCUT2D eigenvalue weighted by Crippen LogP contribution is 2.36. The van der Waals surface area contributed by atoms with E-state index < -0.39 is 0 Å². The molecule has 2 heterocycles. The number of hydrogen-bond acceptors (Lipinski definition) is 3. The van der Waals surface area contributed by atoms with Crippen LogP contribution < -0.4 is 4.90 Å². The number of likely N-dealkylation sites (tertiary alicyclic amines) is 1. The molecule has 1 aromatic heterocycles. The van der Waals surface area contributed by atoms with Gasteiger partial charge >= 0.3 is 0 Å². The standard InChI is InChI=1S/C19H33N3/c1-6-13-21-14-8-7-11-18(21)17-10-9-12-20-19(17)22(15(2)3)16(4)5/h9-10,12,15-16,18H,6-8,11,13-14H2,1-5H3/t18-/m1/s1. The van der Waals surface area contributed by atoms with Crippen molar-refractivity contribution >= 4 is 5.82 Å². The smallest absolute Gasteiger partial charge is 0.133 e. The van der Waals surface area contributed by atoms with Crippen LogP contribution in [0.1, 0.15) is 71.9 Å². The summed E-state index contributed by atoms with van der Waals surface area (Å²) in [6, 6.07) is 5.89. The second-order valence-corrected chi connectivity index (χ2v) is 7.06. The average Bonchev–Trinajstić information content (AvgIpc) is 2.48. The van der Waals surface area contributed by atoms with Crippen LogP contribution in [-0.4, -0.2) is 35.1 Å². The molecule has 0 spiro atoms. The molecule has 22 heavy (non-hydrogen) atoms. The Bertz CT molecular complexity index is 446. The molecule has 2 rings (SSSR count). The van der Waals surface area contributed by atoms with Crippen molar-refractivity contribution in [3.8, 4) is 0 Å². The van der Waals surface area contributed by atoms with E-state index in [1.165, 1.54) is 50.2 Å². The van der Waals surface area contributed by atoms with Gasteiger partial charge in [-0.1, -0.05) is 19.4 Å². The van der Waals surface area contributed by atoms with Crippen molar-refractivity contribution in [1.29, 1.82) is 0 Å². The van der Waals surface area contributed by atoms with E-state index in [9.17, 15) is 0 Å². The Morgan fingerprint density at radius 1 is 1.23 bits per heavy atom. The van der Waals surface area contributed by atoms with Crippen molar-refractivity contribution in [3.63, 3.8) is 0 Å². The normalized spacial score (nSPS) is 19.9. The Morgan fingerprint density at radius 3 is 2.59 bits per heavy atom. The minimum Gasteiger partial charge on any atom is -0.351 e. The second kappa shape index (κ2) is 7.96. The first-order valence-corrected chi connectivity index (χ1v) is 9.03. The minimum absolute atomic E-state index is 0.469. The van der Waals surface area contributed by atoms with Gasteiger partial charge in [-0.15, -0.1) is 0 Å². The van der Waals surface area contributed by atoms with Gasteiger partial charge in [-0.2, -0.15) is 0 Å². The van der Waals surface area contributed by atoms with Crippen LogP contribution in [-0.2, 0) is 0 Å². The van der Waals surface area contributed by atoms with E-state index in [1.54, 1.807) is 0 Å². The topological polar surface area (TPSA) is 19.4 Å². The van der Waals surface area contributed by atoms with Crippen LogP contribution in [0, 0.1) is 0 Å². The lowest BCUT2D eigenvalue weighted by Gasteiger charge is -2.40. The monoisotopic (exact) mass is 303 g/mol. The van der Waals surface area contributed by atoms with E-state index in [0.717, 1.165) is 0 Å². The van der Waals surface area contributed by atoms with Gasteiger partial charge in [-0.25, -0.2) is 4.98 Å². The Balaban J connectivity index is 2.37. The molecule has 0 amide bonds. The molecule has 0 unspecified atom stereocenters. The maximum atomic E-state index is 4.79. The SMILES string of the molecule is CCCN1CCCC[C@@H]1c1cccnc1N(C(C)C)C(C)C. The lowest BCUT2D eigenvalue weighted by atomic mass is 9.94. The van der Waals surface area contributed by atoms with E-state index in [-0.39, 0.29) is 0 Å². The summed E-state index contributed by atoms with van der Waals surface area (Å²) < 4.78 is 0. The molecule has 1 aromatic rings. The molecule has 0 bridgehead atoms. The highest BCUT2D eigenvalue weighted by Gasteiger charge is 2.28. The second-order valence-electron chi connectivity index (χ2n) is 7.06. The molecular weight excluding hydrogens is 270 g/mol. The predicted molar refractivity (Wildman–Crippen MR) is 95.4 cm³/mol. The summed E-state index contributed by atoms with van der Waals surface area (Å²) in [7, 11) is 0. The first-order valence-electron chi connectivity index (χ1n) is 9.03. The summed E-state index contributed by atoms with van der Waals surface area (Å²) in [6.07, 6.45) is 7.11. The number of hydrogen-bond donors (Lipinski definition) is 0. The minimum atomic E-state index is 0.469. The molecule has 1 atom stereocenters. The molecule has 0 N–H and O–H groups in total. The molecule has 0 saturated carbocycles. The number of piperidine rings is 1. The van der Waals surface area contributed by atoms with Crippen LogP contribution in [0.3, 0.4) is 0 Å². The quantitative estimate of drug-likeness (QED) is 0.763. The number of pyridine rings is 1. The number of aromatic nitrogens is 1. The maximum absolute atomic E-state index is 4.79. The van der Waals surface area contributed by atoms with Crippen molar-refractivity contribution in [1.82, 2.24) is 9.88 Å². The van der Waals surface area contributed by atoms with Crippen LogP contribution >= 0.6 is 0 Å². The summed E-state index contributed by atoms with van der Waals surface area (Å²) >= 11 is 0. The lowest BCUT2D eigenvalue weighted by molar-refractivity contribution is 0.149. The molecule has 1 aliphatic heterocycles. The Labute approximate surface area is 136 Å². The molecule has 124 valence electrons. The average molecular weight is 303 g/mol. The predicted octanol–water partition coefficient (Wildman–Crippen LogP) is 4.64. The third kappa shape index (κ3) is 3.81. The van der Waals surface area contributed by atoms with Crippen LogP contribution in [0.4, 0.5) is 5.82 Å². The van der Waals surface area contributed by atoms with Crippen LogP contribution in [0.25, 0.3) is 0 Å². The fraction of sp³-hybridized carbons (Fsp3) is 0.737. The van der Waals surface area contributed by atoms with Gasteiger partial charge in [0.2, 0.25) is 0 Å². The highest BCUT2D eigenvalue weighted by molar-refractivity contribution is 5.50. The Hall–Kier alpha value is -1.09. The largest absolute Gasteiger partial charge is 0.351 e. The summed E-state index contributed by atoms with van der Waals surface area (Å²) in [6.45, 7) is 13.8. The molecule has 1 aliphatic rings. The lowest BCUT2D eigenvalue weighted by Crippen LogP contribution is -2.40. The van der Waals surface area contributed by atoms with Crippen molar-refractivity contribution in [2.24, 2.45) is 0 Å². The van der Waals surface area contributed by atoms with Gasteiger partial charge in [0, 0.05) is 29.9 Å². The zero-order valence-corrected chi connectivity index (χ0v) is 15.0. The highest BCUT2D eigenvalue weighted by atomic mass is 15.2. The molecule has 1 saturated heterocycles.